The molecule has 1 aromatic heterocycles. The normalized spacial score (nSPS) is 15.0. The Morgan fingerprint density at radius 2 is 2.27 bits per heavy atom. The van der Waals surface area contributed by atoms with E-state index in [1.165, 1.54) is 24.1 Å². The molecule has 0 spiro atoms. The summed E-state index contributed by atoms with van der Waals surface area (Å²) in [6.45, 7) is 0. The van der Waals surface area contributed by atoms with Gasteiger partial charge >= 0.3 is 0 Å². The summed E-state index contributed by atoms with van der Waals surface area (Å²) in [6.07, 6.45) is 3.60. The van der Waals surface area contributed by atoms with Crippen LogP contribution in [0, 0.1) is 0 Å². The predicted molar refractivity (Wildman–Crippen MR) is 45.8 cm³/mol. The maximum absolute atomic E-state index is 5.67. The van der Waals surface area contributed by atoms with Crippen LogP contribution in [-0.2, 0) is 18.7 Å². The van der Waals surface area contributed by atoms with Crippen molar-refractivity contribution in [1.82, 2.24) is 4.98 Å². The van der Waals surface area contributed by atoms with E-state index < -0.39 is 0 Å². The second-order valence-corrected chi connectivity index (χ2v) is 3.16. The molecule has 0 amide bonds. The van der Waals surface area contributed by atoms with Gasteiger partial charge in [-0.15, -0.1) is 11.6 Å². The van der Waals surface area contributed by atoms with E-state index in [9.17, 15) is 0 Å². The third-order valence-corrected chi connectivity index (χ3v) is 2.40. The lowest BCUT2D eigenvalue weighted by atomic mass is 10.2. The third-order valence-electron chi connectivity index (χ3n) is 2.12. The maximum Gasteiger partial charge on any atom is 0.0647 e. The largest absolute Gasteiger partial charge is 0.256 e. The van der Waals surface area contributed by atoms with Gasteiger partial charge in [0.1, 0.15) is 0 Å². The van der Waals surface area contributed by atoms with Crippen molar-refractivity contribution in [1.29, 1.82) is 0 Å². The van der Waals surface area contributed by atoms with Crippen LogP contribution in [0.15, 0.2) is 12.1 Å². The highest BCUT2D eigenvalue weighted by atomic mass is 35.5. The van der Waals surface area contributed by atoms with Gasteiger partial charge in [0.25, 0.3) is 0 Å². The summed E-state index contributed by atoms with van der Waals surface area (Å²) in [4.78, 5) is 4.44. The molecule has 11 heavy (non-hydrogen) atoms. The molecule has 0 aromatic carbocycles. The van der Waals surface area contributed by atoms with Gasteiger partial charge in [0, 0.05) is 5.69 Å². The Hall–Kier alpha value is -0.560. The van der Waals surface area contributed by atoms with Crippen LogP contribution in [0.4, 0.5) is 0 Å². The molecule has 1 heterocycles. The summed E-state index contributed by atoms with van der Waals surface area (Å²) in [5.74, 6) is 0.535. The lowest BCUT2D eigenvalue weighted by molar-refractivity contribution is 0.896. The molecular formula is C9H10ClN. The molecular weight excluding hydrogens is 158 g/mol. The van der Waals surface area contributed by atoms with Crippen LogP contribution in [0.1, 0.15) is 23.4 Å². The lowest BCUT2D eigenvalue weighted by Crippen LogP contribution is -1.91. The summed E-state index contributed by atoms with van der Waals surface area (Å²) in [5.41, 5.74) is 3.69. The number of aromatic nitrogens is 1. The van der Waals surface area contributed by atoms with E-state index in [1.807, 2.05) is 6.07 Å². The molecule has 0 aliphatic heterocycles. The minimum Gasteiger partial charge on any atom is -0.256 e. The van der Waals surface area contributed by atoms with Gasteiger partial charge < -0.3 is 0 Å². The highest BCUT2D eigenvalue weighted by molar-refractivity contribution is 6.16. The molecule has 1 aromatic rings. The lowest BCUT2D eigenvalue weighted by Gasteiger charge is -1.99. The van der Waals surface area contributed by atoms with Crippen molar-refractivity contribution >= 4 is 11.6 Å². The molecule has 0 radical (unpaired) electrons. The average molecular weight is 168 g/mol. The van der Waals surface area contributed by atoms with E-state index in [2.05, 4.69) is 11.1 Å². The minimum absolute atomic E-state index is 0.535. The summed E-state index contributed by atoms with van der Waals surface area (Å²) in [6, 6.07) is 4.18. The fraction of sp³-hybridized carbons (Fsp3) is 0.444. The van der Waals surface area contributed by atoms with Crippen molar-refractivity contribution in [3.63, 3.8) is 0 Å². The van der Waals surface area contributed by atoms with Crippen molar-refractivity contribution in [3.05, 3.63) is 29.1 Å². The molecule has 0 N–H and O–H groups in total. The number of alkyl halides is 1. The van der Waals surface area contributed by atoms with Crippen LogP contribution < -0.4 is 0 Å². The second-order valence-electron chi connectivity index (χ2n) is 2.90. The van der Waals surface area contributed by atoms with Crippen LogP contribution in [0.3, 0.4) is 0 Å². The van der Waals surface area contributed by atoms with Crippen molar-refractivity contribution < 1.29 is 0 Å². The molecule has 0 saturated carbocycles. The van der Waals surface area contributed by atoms with Crippen molar-refractivity contribution in [2.24, 2.45) is 0 Å². The van der Waals surface area contributed by atoms with E-state index in [0.29, 0.717) is 5.88 Å². The number of rotatable bonds is 1. The van der Waals surface area contributed by atoms with Crippen molar-refractivity contribution in [2.45, 2.75) is 25.1 Å². The SMILES string of the molecule is ClCc1ccc2c(n1)CCC2. The maximum atomic E-state index is 5.67. The van der Waals surface area contributed by atoms with Crippen LogP contribution in [-0.4, -0.2) is 4.98 Å². The minimum atomic E-state index is 0.535. The standard InChI is InChI=1S/C9H10ClN/c10-6-8-5-4-7-2-1-3-9(7)11-8/h4-5H,1-3,6H2. The van der Waals surface area contributed by atoms with Crippen molar-refractivity contribution in [2.75, 3.05) is 0 Å². The van der Waals surface area contributed by atoms with E-state index >= 15 is 0 Å². The molecule has 1 aliphatic carbocycles. The molecule has 1 nitrogen and oxygen atoms in total. The zero-order valence-electron chi connectivity index (χ0n) is 6.31. The monoisotopic (exact) mass is 167 g/mol. The van der Waals surface area contributed by atoms with E-state index in [4.69, 9.17) is 11.6 Å². The quantitative estimate of drug-likeness (QED) is 0.585. The van der Waals surface area contributed by atoms with Crippen molar-refractivity contribution in [3.8, 4) is 0 Å². The Kier molecular flexibility index (Phi) is 1.82. The summed E-state index contributed by atoms with van der Waals surface area (Å²) in [5, 5.41) is 0. The molecule has 0 fully saturated rings. The number of halogens is 1. The Labute approximate surface area is 71.4 Å². The highest BCUT2D eigenvalue weighted by Crippen LogP contribution is 2.20. The smallest absolute Gasteiger partial charge is 0.0647 e. The molecule has 58 valence electrons. The first kappa shape index (κ1) is 7.11. The molecule has 0 unspecified atom stereocenters. The Bertz CT molecular complexity index is 270. The fourth-order valence-corrected chi connectivity index (χ4v) is 1.69. The molecule has 2 rings (SSSR count). The second kappa shape index (κ2) is 2.82. The topological polar surface area (TPSA) is 12.9 Å². The zero-order chi connectivity index (χ0) is 7.68. The van der Waals surface area contributed by atoms with E-state index in [0.717, 1.165) is 12.1 Å². The average Bonchev–Trinajstić information content (AvgIpc) is 2.50. The van der Waals surface area contributed by atoms with E-state index in [-0.39, 0.29) is 0 Å². The number of nitrogens with zero attached hydrogens (tertiary/aromatic N) is 1. The van der Waals surface area contributed by atoms with Gasteiger partial charge in [0.2, 0.25) is 0 Å². The first-order chi connectivity index (χ1) is 5.40. The molecule has 2 heteroatoms. The van der Waals surface area contributed by atoms with Gasteiger partial charge in [-0.3, -0.25) is 4.98 Å². The summed E-state index contributed by atoms with van der Waals surface area (Å²) < 4.78 is 0. The number of aryl methyl sites for hydroxylation is 2. The molecule has 0 bridgehead atoms. The number of pyridine rings is 1. The van der Waals surface area contributed by atoms with Gasteiger partial charge in [0.15, 0.2) is 0 Å². The van der Waals surface area contributed by atoms with Gasteiger partial charge in [-0.05, 0) is 30.9 Å². The zero-order valence-corrected chi connectivity index (χ0v) is 7.06. The summed E-state index contributed by atoms with van der Waals surface area (Å²) in [7, 11) is 0. The molecule has 1 aliphatic rings. The van der Waals surface area contributed by atoms with Crippen LogP contribution in [0.2, 0.25) is 0 Å². The van der Waals surface area contributed by atoms with Gasteiger partial charge in [0.05, 0.1) is 11.6 Å². The molecule has 0 atom stereocenters. The van der Waals surface area contributed by atoms with Crippen LogP contribution >= 0.6 is 11.6 Å². The number of hydrogen-bond donors (Lipinski definition) is 0. The highest BCUT2D eigenvalue weighted by Gasteiger charge is 2.11. The Morgan fingerprint density at radius 3 is 3.09 bits per heavy atom. The third kappa shape index (κ3) is 1.25. The summed E-state index contributed by atoms with van der Waals surface area (Å²) >= 11 is 5.67. The van der Waals surface area contributed by atoms with Gasteiger partial charge in [-0.1, -0.05) is 6.07 Å². The Balaban J connectivity index is 2.41. The number of hydrogen-bond acceptors (Lipinski definition) is 1. The van der Waals surface area contributed by atoms with Crippen LogP contribution in [0.5, 0.6) is 0 Å². The first-order valence-corrected chi connectivity index (χ1v) is 4.47. The van der Waals surface area contributed by atoms with Gasteiger partial charge in [-0.2, -0.15) is 0 Å². The number of fused-ring (bicyclic) bond motifs is 1. The molecule has 0 saturated heterocycles. The van der Waals surface area contributed by atoms with E-state index in [1.54, 1.807) is 0 Å². The first-order valence-electron chi connectivity index (χ1n) is 3.94. The Morgan fingerprint density at radius 1 is 1.36 bits per heavy atom. The van der Waals surface area contributed by atoms with Crippen LogP contribution in [0.25, 0.3) is 0 Å². The van der Waals surface area contributed by atoms with Gasteiger partial charge in [-0.25, -0.2) is 0 Å². The fourth-order valence-electron chi connectivity index (χ4n) is 1.54. The predicted octanol–water partition coefficient (Wildman–Crippen LogP) is 2.31.